The first-order valence-electron chi connectivity index (χ1n) is 10.3. The molecule has 5 heteroatoms. The second-order valence-electron chi connectivity index (χ2n) is 7.48. The summed E-state index contributed by atoms with van der Waals surface area (Å²) in [6, 6.07) is 23.7. The van der Waals surface area contributed by atoms with Crippen molar-refractivity contribution in [3.8, 4) is 5.75 Å². The molecule has 0 aliphatic heterocycles. The lowest BCUT2D eigenvalue weighted by Crippen LogP contribution is -2.02. The number of ether oxygens (including phenoxy) is 2. The smallest absolute Gasteiger partial charge is 0.337 e. The fraction of sp³-hybridized carbons (Fsp3) is 0.269. The zero-order valence-corrected chi connectivity index (χ0v) is 18.8. The van der Waals surface area contributed by atoms with Crippen molar-refractivity contribution < 1.29 is 18.5 Å². The van der Waals surface area contributed by atoms with Crippen LogP contribution in [0.15, 0.2) is 72.8 Å². The Labute approximate surface area is 186 Å². The number of esters is 1. The lowest BCUT2D eigenvalue weighted by molar-refractivity contribution is 0.0600. The summed E-state index contributed by atoms with van der Waals surface area (Å²) < 4.78 is 22.5. The largest absolute Gasteiger partial charge is 0.489 e. The average molecular weight is 437 g/mol. The van der Waals surface area contributed by atoms with Crippen molar-refractivity contribution in [1.29, 1.82) is 0 Å². The molecule has 0 aliphatic carbocycles. The van der Waals surface area contributed by atoms with Crippen LogP contribution in [0.3, 0.4) is 0 Å². The summed E-state index contributed by atoms with van der Waals surface area (Å²) in [5, 5.41) is 0. The predicted molar refractivity (Wildman–Crippen MR) is 125 cm³/mol. The van der Waals surface area contributed by atoms with Crippen LogP contribution in [0.4, 0.5) is 0 Å². The van der Waals surface area contributed by atoms with Gasteiger partial charge in [-0.1, -0.05) is 54.6 Å². The molecule has 0 heterocycles. The van der Waals surface area contributed by atoms with Crippen LogP contribution in [-0.2, 0) is 40.7 Å². The van der Waals surface area contributed by atoms with Gasteiger partial charge in [-0.25, -0.2) is 4.79 Å². The number of carbonyl (C=O) groups is 1. The zero-order chi connectivity index (χ0) is 22.1. The van der Waals surface area contributed by atoms with E-state index < -0.39 is 10.8 Å². The monoisotopic (exact) mass is 436 g/mol. The molecule has 0 N–H and O–H groups in total. The van der Waals surface area contributed by atoms with E-state index in [1.807, 2.05) is 54.6 Å². The summed E-state index contributed by atoms with van der Waals surface area (Å²) in [7, 11) is 0.499. The Morgan fingerprint density at radius 3 is 2.26 bits per heavy atom. The van der Waals surface area contributed by atoms with Gasteiger partial charge in [0.15, 0.2) is 0 Å². The highest BCUT2D eigenvalue weighted by molar-refractivity contribution is 7.83. The van der Waals surface area contributed by atoms with Gasteiger partial charge in [0, 0.05) is 22.8 Å². The van der Waals surface area contributed by atoms with E-state index in [9.17, 15) is 9.00 Å². The third-order valence-corrected chi connectivity index (χ3v) is 5.76. The number of carbonyl (C=O) groups excluding carboxylic acids is 1. The fourth-order valence-corrected chi connectivity index (χ4v) is 4.09. The molecule has 0 aromatic heterocycles. The van der Waals surface area contributed by atoms with Gasteiger partial charge in [0.05, 0.1) is 12.7 Å². The maximum Gasteiger partial charge on any atom is 0.337 e. The quantitative estimate of drug-likeness (QED) is 0.415. The van der Waals surface area contributed by atoms with Crippen LogP contribution in [-0.4, -0.2) is 23.5 Å². The van der Waals surface area contributed by atoms with Gasteiger partial charge in [0.2, 0.25) is 0 Å². The van der Waals surface area contributed by atoms with Gasteiger partial charge in [0.1, 0.15) is 12.4 Å². The van der Waals surface area contributed by atoms with E-state index in [0.717, 1.165) is 41.7 Å². The van der Waals surface area contributed by atoms with Crippen molar-refractivity contribution >= 4 is 16.8 Å². The second kappa shape index (κ2) is 11.5. The van der Waals surface area contributed by atoms with Crippen LogP contribution < -0.4 is 4.74 Å². The van der Waals surface area contributed by atoms with Crippen LogP contribution in [0.2, 0.25) is 0 Å². The molecule has 3 aromatic rings. The summed E-state index contributed by atoms with van der Waals surface area (Å²) in [5.41, 5.74) is 5.04. The summed E-state index contributed by atoms with van der Waals surface area (Å²) in [4.78, 5) is 11.6. The Balaban J connectivity index is 1.66. The van der Waals surface area contributed by atoms with E-state index in [-0.39, 0.29) is 5.97 Å². The van der Waals surface area contributed by atoms with Gasteiger partial charge >= 0.3 is 5.97 Å². The van der Waals surface area contributed by atoms with Crippen molar-refractivity contribution in [2.45, 2.75) is 31.6 Å². The summed E-state index contributed by atoms with van der Waals surface area (Å²) in [6.45, 7) is 0.516. The van der Waals surface area contributed by atoms with E-state index in [1.165, 1.54) is 12.7 Å². The van der Waals surface area contributed by atoms with Gasteiger partial charge in [-0.15, -0.1) is 0 Å². The van der Waals surface area contributed by atoms with Crippen LogP contribution in [0.1, 0.15) is 39.0 Å². The maximum atomic E-state index is 11.7. The maximum absolute atomic E-state index is 11.7. The molecule has 0 saturated heterocycles. The Morgan fingerprint density at radius 2 is 1.58 bits per heavy atom. The number of hydrogen-bond acceptors (Lipinski definition) is 4. The van der Waals surface area contributed by atoms with Gasteiger partial charge in [-0.2, -0.15) is 0 Å². The minimum atomic E-state index is -0.886. The molecule has 31 heavy (non-hydrogen) atoms. The summed E-state index contributed by atoms with van der Waals surface area (Å²) in [6.07, 6.45) is 4.41. The Bertz CT molecular complexity index is 1010. The standard InChI is InChI=1S/C26H28O4S/c1-29-26(27)23-14-11-20(12-15-23)9-6-10-24-17-22(19-31(2)28)13-16-25(24)30-18-21-7-4-3-5-8-21/h3-5,7-8,11-17H,6,9-10,18-19H2,1-2H3. The van der Waals surface area contributed by atoms with E-state index >= 15 is 0 Å². The highest BCUT2D eigenvalue weighted by Gasteiger charge is 2.09. The highest BCUT2D eigenvalue weighted by Crippen LogP contribution is 2.24. The number of aryl methyl sites for hydroxylation is 2. The fourth-order valence-electron chi connectivity index (χ4n) is 3.44. The topological polar surface area (TPSA) is 52.6 Å². The number of rotatable bonds is 10. The molecule has 1 atom stereocenters. The molecule has 1 unspecified atom stereocenters. The molecule has 0 amide bonds. The van der Waals surface area contributed by atoms with Crippen molar-refractivity contribution in [1.82, 2.24) is 0 Å². The molecule has 162 valence electrons. The zero-order valence-electron chi connectivity index (χ0n) is 18.0. The second-order valence-corrected chi connectivity index (χ2v) is 8.91. The van der Waals surface area contributed by atoms with Crippen molar-refractivity contribution in [2.75, 3.05) is 13.4 Å². The molecule has 0 bridgehead atoms. The molecule has 0 saturated carbocycles. The third-order valence-electron chi connectivity index (χ3n) is 5.02. The van der Waals surface area contributed by atoms with Gasteiger partial charge in [-0.3, -0.25) is 4.21 Å². The molecule has 3 rings (SSSR count). The number of benzene rings is 3. The molecule has 0 aliphatic rings. The van der Waals surface area contributed by atoms with Crippen molar-refractivity contribution in [3.63, 3.8) is 0 Å². The van der Waals surface area contributed by atoms with Crippen LogP contribution in [0.5, 0.6) is 5.75 Å². The Kier molecular flexibility index (Phi) is 8.42. The lowest BCUT2D eigenvalue weighted by Gasteiger charge is -2.14. The SMILES string of the molecule is COC(=O)c1ccc(CCCc2cc(CS(C)=O)ccc2OCc2ccccc2)cc1. The van der Waals surface area contributed by atoms with Crippen LogP contribution in [0, 0.1) is 0 Å². The van der Waals surface area contributed by atoms with E-state index in [0.29, 0.717) is 17.9 Å². The van der Waals surface area contributed by atoms with Crippen LogP contribution >= 0.6 is 0 Å². The molecule has 0 fully saturated rings. The normalized spacial score (nSPS) is 11.7. The van der Waals surface area contributed by atoms with E-state index in [1.54, 1.807) is 18.4 Å². The molecular formula is C26H28O4S. The summed E-state index contributed by atoms with van der Waals surface area (Å²) >= 11 is 0. The van der Waals surface area contributed by atoms with Crippen molar-refractivity contribution in [3.05, 3.63) is 101 Å². The number of methoxy groups -OCH3 is 1. The predicted octanol–water partition coefficient (Wildman–Crippen LogP) is 5.11. The molecule has 0 radical (unpaired) electrons. The Morgan fingerprint density at radius 1 is 0.871 bits per heavy atom. The minimum Gasteiger partial charge on any atom is -0.489 e. The first-order valence-corrected chi connectivity index (χ1v) is 12.0. The molecule has 4 nitrogen and oxygen atoms in total. The number of hydrogen-bond donors (Lipinski definition) is 0. The van der Waals surface area contributed by atoms with Crippen LogP contribution in [0.25, 0.3) is 0 Å². The summed E-state index contributed by atoms with van der Waals surface area (Å²) in [5.74, 6) is 1.09. The van der Waals surface area contributed by atoms with Gasteiger partial charge in [0.25, 0.3) is 0 Å². The van der Waals surface area contributed by atoms with E-state index in [4.69, 9.17) is 9.47 Å². The van der Waals surface area contributed by atoms with Gasteiger partial charge in [-0.05, 0) is 59.7 Å². The molecule has 0 spiro atoms. The molecule has 3 aromatic carbocycles. The van der Waals surface area contributed by atoms with Gasteiger partial charge < -0.3 is 9.47 Å². The average Bonchev–Trinajstić information content (AvgIpc) is 2.79. The lowest BCUT2D eigenvalue weighted by atomic mass is 10.0. The molecular weight excluding hydrogens is 408 g/mol. The minimum absolute atomic E-state index is 0.322. The Hall–Kier alpha value is -2.92. The first-order chi connectivity index (χ1) is 15.0. The highest BCUT2D eigenvalue weighted by atomic mass is 32.2. The van der Waals surface area contributed by atoms with E-state index in [2.05, 4.69) is 6.07 Å². The first kappa shape index (κ1) is 22.8. The third kappa shape index (κ3) is 7.07. The van der Waals surface area contributed by atoms with Crippen molar-refractivity contribution in [2.24, 2.45) is 0 Å².